The van der Waals surface area contributed by atoms with Gasteiger partial charge in [0.2, 0.25) is 0 Å². The molecule has 2 aromatic rings. The molecule has 0 N–H and O–H groups in total. The minimum Gasteiger partial charge on any atom is -0.259 e. The Labute approximate surface area is 195 Å². The topological polar surface area (TPSA) is 36.1 Å². The number of rotatable bonds is 9. The zero-order valence-corrected chi connectivity index (χ0v) is 20.9. The third-order valence-corrected chi connectivity index (χ3v) is 5.90. The lowest BCUT2D eigenvalue weighted by Crippen LogP contribution is -1.97. The third-order valence-electron chi connectivity index (χ3n) is 5.90. The van der Waals surface area contributed by atoms with Gasteiger partial charge in [-0.05, 0) is 99.8 Å². The molecule has 2 heteroatoms. The van der Waals surface area contributed by atoms with E-state index in [4.69, 9.17) is 4.99 Å². The molecule has 2 aromatic carbocycles. The molecule has 0 amide bonds. The first-order chi connectivity index (χ1) is 15.2. The highest BCUT2D eigenvalue weighted by atomic mass is 14.7. The molecule has 0 heterocycles. The highest BCUT2D eigenvalue weighted by molar-refractivity contribution is 5.94. The van der Waals surface area contributed by atoms with Crippen molar-refractivity contribution in [3.05, 3.63) is 82.1 Å². The van der Waals surface area contributed by atoms with Gasteiger partial charge in [-0.3, -0.25) is 4.99 Å². The Kier molecular flexibility index (Phi) is 9.66. The molecule has 0 bridgehead atoms. The van der Waals surface area contributed by atoms with E-state index in [0.717, 1.165) is 30.7 Å². The SMILES string of the molecule is CC/C(C)=C(C)/N=C(C)\C=C(/C)Cc1cc(C#N)ccc1-c1cccc(CCC(C)C)c1. The van der Waals surface area contributed by atoms with Crippen LogP contribution >= 0.6 is 0 Å². The summed E-state index contributed by atoms with van der Waals surface area (Å²) < 4.78 is 0. The molecule has 0 aliphatic rings. The largest absolute Gasteiger partial charge is 0.259 e. The summed E-state index contributed by atoms with van der Waals surface area (Å²) in [5.41, 5.74) is 10.4. The maximum atomic E-state index is 9.45. The van der Waals surface area contributed by atoms with Crippen molar-refractivity contribution in [1.29, 1.82) is 5.26 Å². The minimum absolute atomic E-state index is 0.696. The molecule has 0 fully saturated rings. The van der Waals surface area contributed by atoms with Crippen LogP contribution in [0.5, 0.6) is 0 Å². The second-order valence-electron chi connectivity index (χ2n) is 9.26. The monoisotopic (exact) mass is 426 g/mol. The Bertz CT molecular complexity index is 1060. The van der Waals surface area contributed by atoms with Crippen molar-refractivity contribution in [3.8, 4) is 17.2 Å². The molecular weight excluding hydrogens is 388 g/mol. The van der Waals surface area contributed by atoms with E-state index in [1.54, 1.807) is 0 Å². The Hall–Kier alpha value is -2.92. The van der Waals surface area contributed by atoms with Gasteiger partial charge in [0.05, 0.1) is 11.6 Å². The summed E-state index contributed by atoms with van der Waals surface area (Å²) >= 11 is 0. The summed E-state index contributed by atoms with van der Waals surface area (Å²) in [6, 6.07) is 17.2. The van der Waals surface area contributed by atoms with Crippen LogP contribution in [0, 0.1) is 17.2 Å². The minimum atomic E-state index is 0.696. The normalized spacial score (nSPS) is 13.2. The second kappa shape index (κ2) is 12.2. The average molecular weight is 427 g/mol. The van der Waals surface area contributed by atoms with Crippen LogP contribution < -0.4 is 0 Å². The van der Waals surface area contributed by atoms with Gasteiger partial charge in [-0.1, -0.05) is 62.2 Å². The Morgan fingerprint density at radius 2 is 1.81 bits per heavy atom. The van der Waals surface area contributed by atoms with E-state index in [1.807, 2.05) is 12.1 Å². The maximum Gasteiger partial charge on any atom is 0.0991 e. The van der Waals surface area contributed by atoms with Gasteiger partial charge in [0.15, 0.2) is 0 Å². The number of nitrogens with zero attached hydrogens (tertiary/aromatic N) is 2. The van der Waals surface area contributed by atoms with Gasteiger partial charge in [-0.25, -0.2) is 0 Å². The molecule has 0 aliphatic carbocycles. The smallest absolute Gasteiger partial charge is 0.0991 e. The summed E-state index contributed by atoms with van der Waals surface area (Å²) in [5, 5.41) is 9.45. The zero-order valence-electron chi connectivity index (χ0n) is 20.9. The van der Waals surface area contributed by atoms with Crippen LogP contribution in [0.3, 0.4) is 0 Å². The molecule has 32 heavy (non-hydrogen) atoms. The molecule has 0 atom stereocenters. The summed E-state index contributed by atoms with van der Waals surface area (Å²) in [6.07, 6.45) is 6.26. The summed E-state index contributed by atoms with van der Waals surface area (Å²) in [4.78, 5) is 4.76. The molecule has 0 saturated heterocycles. The lowest BCUT2D eigenvalue weighted by Gasteiger charge is -2.13. The number of aryl methyl sites for hydroxylation is 1. The van der Waals surface area contributed by atoms with Crippen LogP contribution in [0.25, 0.3) is 11.1 Å². The molecule has 168 valence electrons. The number of benzene rings is 2. The summed E-state index contributed by atoms with van der Waals surface area (Å²) in [6.45, 7) is 15.1. The van der Waals surface area contributed by atoms with E-state index >= 15 is 0 Å². The van der Waals surface area contributed by atoms with E-state index in [2.05, 4.69) is 90.9 Å². The molecule has 0 spiro atoms. The van der Waals surface area contributed by atoms with E-state index in [1.165, 1.54) is 39.8 Å². The molecule has 0 radical (unpaired) electrons. The lowest BCUT2D eigenvalue weighted by molar-refractivity contribution is 0.587. The third kappa shape index (κ3) is 7.65. The zero-order chi connectivity index (χ0) is 23.7. The molecule has 0 saturated carbocycles. The molecule has 0 aromatic heterocycles. The first kappa shape index (κ1) is 25.3. The van der Waals surface area contributed by atoms with Crippen molar-refractivity contribution in [2.45, 2.75) is 74.1 Å². The molecular formula is C30H38N2. The standard InChI is InChI=1S/C30H38N2/c1-8-23(5)25(7)32-24(6)16-22(4)17-29-19-27(20-31)14-15-30(29)28-11-9-10-26(18-28)13-12-21(2)3/h9-11,14-16,18-19,21H,8,12-13,17H2,1-7H3/b22-16+,25-23+,32-24-. The predicted molar refractivity (Wildman–Crippen MR) is 139 cm³/mol. The fourth-order valence-corrected chi connectivity index (χ4v) is 3.80. The van der Waals surface area contributed by atoms with Crippen LogP contribution in [0.4, 0.5) is 0 Å². The van der Waals surface area contributed by atoms with Crippen molar-refractivity contribution >= 4 is 5.71 Å². The fourth-order valence-electron chi connectivity index (χ4n) is 3.80. The molecule has 2 rings (SSSR count). The van der Waals surface area contributed by atoms with E-state index in [0.29, 0.717) is 11.5 Å². The van der Waals surface area contributed by atoms with Crippen molar-refractivity contribution in [1.82, 2.24) is 0 Å². The second-order valence-corrected chi connectivity index (χ2v) is 9.26. The van der Waals surface area contributed by atoms with E-state index < -0.39 is 0 Å². The highest BCUT2D eigenvalue weighted by Gasteiger charge is 2.09. The van der Waals surface area contributed by atoms with Gasteiger partial charge in [0.25, 0.3) is 0 Å². The van der Waals surface area contributed by atoms with Gasteiger partial charge in [0.1, 0.15) is 0 Å². The van der Waals surface area contributed by atoms with Gasteiger partial charge < -0.3 is 0 Å². The Balaban J connectivity index is 2.38. The number of hydrogen-bond donors (Lipinski definition) is 0. The number of hydrogen-bond acceptors (Lipinski definition) is 2. The first-order valence-electron chi connectivity index (χ1n) is 11.7. The fraction of sp³-hybridized carbons (Fsp3) is 0.400. The molecule has 0 aliphatic heterocycles. The predicted octanol–water partition coefficient (Wildman–Crippen LogP) is 8.47. The van der Waals surface area contributed by atoms with Crippen LogP contribution in [0.15, 0.2) is 70.4 Å². The Morgan fingerprint density at radius 1 is 1.06 bits per heavy atom. The molecule has 0 unspecified atom stereocenters. The van der Waals surface area contributed by atoms with Crippen molar-refractivity contribution in [3.63, 3.8) is 0 Å². The van der Waals surface area contributed by atoms with Crippen LogP contribution in [0.2, 0.25) is 0 Å². The van der Waals surface area contributed by atoms with E-state index in [-0.39, 0.29) is 0 Å². The first-order valence-corrected chi connectivity index (χ1v) is 11.7. The van der Waals surface area contributed by atoms with Crippen LogP contribution in [-0.2, 0) is 12.8 Å². The van der Waals surface area contributed by atoms with Gasteiger partial charge >= 0.3 is 0 Å². The van der Waals surface area contributed by atoms with Gasteiger partial charge in [0, 0.05) is 11.4 Å². The number of aliphatic imine (C=N–C) groups is 1. The molecule has 2 nitrogen and oxygen atoms in total. The Morgan fingerprint density at radius 3 is 2.47 bits per heavy atom. The average Bonchev–Trinajstić information content (AvgIpc) is 2.76. The highest BCUT2D eigenvalue weighted by Crippen LogP contribution is 2.28. The quantitative estimate of drug-likeness (QED) is 0.370. The van der Waals surface area contributed by atoms with Gasteiger partial charge in [-0.2, -0.15) is 5.26 Å². The van der Waals surface area contributed by atoms with Crippen molar-refractivity contribution in [2.24, 2.45) is 10.9 Å². The van der Waals surface area contributed by atoms with Crippen LogP contribution in [-0.4, -0.2) is 5.71 Å². The lowest BCUT2D eigenvalue weighted by atomic mass is 9.91. The maximum absolute atomic E-state index is 9.45. The van der Waals surface area contributed by atoms with Crippen molar-refractivity contribution < 1.29 is 0 Å². The van der Waals surface area contributed by atoms with E-state index in [9.17, 15) is 5.26 Å². The van der Waals surface area contributed by atoms with Crippen LogP contribution in [0.1, 0.15) is 78.0 Å². The summed E-state index contributed by atoms with van der Waals surface area (Å²) in [5.74, 6) is 0.696. The van der Waals surface area contributed by atoms with Gasteiger partial charge in [-0.15, -0.1) is 0 Å². The van der Waals surface area contributed by atoms with Crippen molar-refractivity contribution in [2.75, 3.05) is 0 Å². The summed E-state index contributed by atoms with van der Waals surface area (Å²) in [7, 11) is 0. The number of allylic oxidation sites excluding steroid dienone is 4. The number of nitriles is 1.